The first-order chi connectivity index (χ1) is 14.9. The Labute approximate surface area is 188 Å². The topological polar surface area (TPSA) is 110 Å². The van der Waals surface area contributed by atoms with Crippen molar-refractivity contribution in [3.05, 3.63) is 64.2 Å². The van der Waals surface area contributed by atoms with E-state index in [4.69, 9.17) is 16.7 Å². The Morgan fingerprint density at radius 2 is 1.56 bits per heavy atom. The predicted molar refractivity (Wildman–Crippen MR) is 112 cm³/mol. The number of aliphatic hydroxyl groups is 5. The van der Waals surface area contributed by atoms with Gasteiger partial charge in [0.25, 0.3) is 0 Å². The Bertz CT molecular complexity index is 862. The molecule has 0 aromatic heterocycles. The molecular formula is C22H26ClF3O6. The van der Waals surface area contributed by atoms with Gasteiger partial charge in [-0.05, 0) is 41.3 Å². The van der Waals surface area contributed by atoms with Crippen molar-refractivity contribution in [3.63, 3.8) is 0 Å². The van der Waals surface area contributed by atoms with Crippen LogP contribution in [0, 0.1) is 0 Å². The van der Waals surface area contributed by atoms with Gasteiger partial charge in [0.1, 0.15) is 24.1 Å². The molecule has 0 amide bonds. The molecule has 2 aromatic carbocycles. The quantitative estimate of drug-likeness (QED) is 0.359. The summed E-state index contributed by atoms with van der Waals surface area (Å²) < 4.78 is 41.4. The third kappa shape index (κ3) is 7.33. The molecule has 0 radical (unpaired) electrons. The number of rotatable bonds is 10. The molecule has 6 nitrogen and oxygen atoms in total. The molecule has 2 rings (SSSR count). The van der Waals surface area contributed by atoms with Gasteiger partial charge in [-0.2, -0.15) is 13.2 Å². The summed E-state index contributed by atoms with van der Waals surface area (Å²) in [7, 11) is 0. The minimum atomic E-state index is -4.42. The monoisotopic (exact) mass is 478 g/mol. The van der Waals surface area contributed by atoms with Crippen molar-refractivity contribution in [2.45, 2.75) is 49.9 Å². The van der Waals surface area contributed by atoms with Gasteiger partial charge in [-0.3, -0.25) is 0 Å². The van der Waals surface area contributed by atoms with Gasteiger partial charge in [0.2, 0.25) is 0 Å². The van der Waals surface area contributed by atoms with E-state index in [1.165, 1.54) is 12.1 Å². The highest BCUT2D eigenvalue weighted by atomic mass is 35.5. The maximum atomic E-state index is 12.3. The van der Waals surface area contributed by atoms with Gasteiger partial charge in [0.15, 0.2) is 6.61 Å². The number of benzene rings is 2. The van der Waals surface area contributed by atoms with Gasteiger partial charge in [0, 0.05) is 10.9 Å². The van der Waals surface area contributed by atoms with Crippen molar-refractivity contribution in [2.75, 3.05) is 13.2 Å². The van der Waals surface area contributed by atoms with Crippen LogP contribution >= 0.6 is 11.6 Å². The number of hydrogen-bond donors (Lipinski definition) is 5. The first-order valence-electron chi connectivity index (χ1n) is 9.83. The zero-order chi connectivity index (χ0) is 24.1. The van der Waals surface area contributed by atoms with E-state index in [1.54, 1.807) is 37.3 Å². The summed E-state index contributed by atoms with van der Waals surface area (Å²) in [5.41, 5.74) is 2.04. The molecule has 0 fully saturated rings. The molecule has 0 saturated heterocycles. The highest BCUT2D eigenvalue weighted by Crippen LogP contribution is 2.29. The van der Waals surface area contributed by atoms with Crippen molar-refractivity contribution < 1.29 is 43.4 Å². The van der Waals surface area contributed by atoms with E-state index in [2.05, 4.69) is 4.74 Å². The summed E-state index contributed by atoms with van der Waals surface area (Å²) in [6, 6.07) is 11.1. The Kier molecular flexibility index (Phi) is 9.32. The Balaban J connectivity index is 2.12. The Morgan fingerprint density at radius 1 is 0.938 bits per heavy atom. The van der Waals surface area contributed by atoms with Crippen LogP contribution in [0.15, 0.2) is 42.5 Å². The number of aliphatic hydroxyl groups excluding tert-OH is 5. The van der Waals surface area contributed by atoms with E-state index in [1.807, 2.05) is 0 Å². The molecule has 0 spiro atoms. The number of ether oxygens (including phenoxy) is 1. The second kappa shape index (κ2) is 11.3. The number of alkyl halides is 3. The summed E-state index contributed by atoms with van der Waals surface area (Å²) in [5, 5.41) is 49.2. The SMILES string of the molecule is CC(c1ccc(Cl)c(Cc2ccc(OCC(F)(F)F)cc2)c1)[C@H](O)[C@@H](O)[C@H](O)[C@H](O)CO. The highest BCUT2D eigenvalue weighted by molar-refractivity contribution is 6.31. The second-order valence-corrected chi connectivity index (χ2v) is 7.99. The normalized spacial score (nSPS) is 16.8. The van der Waals surface area contributed by atoms with Gasteiger partial charge < -0.3 is 30.3 Å². The second-order valence-electron chi connectivity index (χ2n) is 7.59. The fraction of sp³-hybridized carbons (Fsp3) is 0.455. The first-order valence-corrected chi connectivity index (χ1v) is 10.2. The number of hydrogen-bond acceptors (Lipinski definition) is 6. The van der Waals surface area contributed by atoms with Crippen LogP contribution in [-0.2, 0) is 6.42 Å². The third-order valence-electron chi connectivity index (χ3n) is 5.11. The summed E-state index contributed by atoms with van der Waals surface area (Å²) in [5.74, 6) is -0.569. The molecule has 5 N–H and O–H groups in total. The van der Waals surface area contributed by atoms with E-state index >= 15 is 0 Å². The van der Waals surface area contributed by atoms with Gasteiger partial charge in [-0.1, -0.05) is 42.8 Å². The molecule has 0 saturated carbocycles. The van der Waals surface area contributed by atoms with E-state index in [0.717, 1.165) is 5.56 Å². The minimum Gasteiger partial charge on any atom is -0.484 e. The van der Waals surface area contributed by atoms with Crippen LogP contribution in [0.25, 0.3) is 0 Å². The molecule has 1 unspecified atom stereocenters. The molecule has 32 heavy (non-hydrogen) atoms. The van der Waals surface area contributed by atoms with Gasteiger partial charge in [-0.25, -0.2) is 0 Å². The van der Waals surface area contributed by atoms with E-state index in [0.29, 0.717) is 22.6 Å². The summed E-state index contributed by atoms with van der Waals surface area (Å²) in [6.07, 6.45) is -10.5. The molecular weight excluding hydrogens is 453 g/mol. The van der Waals surface area contributed by atoms with Crippen LogP contribution in [0.5, 0.6) is 5.75 Å². The largest absolute Gasteiger partial charge is 0.484 e. The standard InChI is InChI=1S/C22H26ClF3O6/c1-12(19(29)21(31)20(30)18(28)10-27)14-4-7-17(23)15(9-14)8-13-2-5-16(6-3-13)32-11-22(24,25)26/h2-7,9,12,18-21,27-31H,8,10-11H2,1H3/t12?,18-,19+,20-,21-/m1/s1. The fourth-order valence-corrected chi connectivity index (χ4v) is 3.32. The lowest BCUT2D eigenvalue weighted by atomic mass is 9.87. The lowest BCUT2D eigenvalue weighted by Crippen LogP contribution is -2.47. The molecule has 0 bridgehead atoms. The molecule has 178 valence electrons. The van der Waals surface area contributed by atoms with Crippen molar-refractivity contribution in [3.8, 4) is 5.75 Å². The van der Waals surface area contributed by atoms with Crippen molar-refractivity contribution in [2.24, 2.45) is 0 Å². The summed E-state index contributed by atoms with van der Waals surface area (Å²) in [6.45, 7) is -0.535. The van der Waals surface area contributed by atoms with Crippen molar-refractivity contribution >= 4 is 11.6 Å². The van der Waals surface area contributed by atoms with Crippen LogP contribution in [0.2, 0.25) is 5.02 Å². The average molecular weight is 479 g/mol. The predicted octanol–water partition coefficient (Wildman–Crippen LogP) is 2.41. The van der Waals surface area contributed by atoms with Crippen molar-refractivity contribution in [1.29, 1.82) is 0 Å². The van der Waals surface area contributed by atoms with E-state index < -0.39 is 49.7 Å². The first kappa shape index (κ1) is 26.4. The zero-order valence-electron chi connectivity index (χ0n) is 17.2. The Morgan fingerprint density at radius 3 is 2.12 bits per heavy atom. The molecule has 0 aliphatic rings. The van der Waals surface area contributed by atoms with E-state index in [9.17, 15) is 33.6 Å². The number of halogens is 4. The minimum absolute atomic E-state index is 0.0836. The van der Waals surface area contributed by atoms with Crippen molar-refractivity contribution in [1.82, 2.24) is 0 Å². The molecule has 10 heteroatoms. The summed E-state index contributed by atoms with van der Waals surface area (Å²) >= 11 is 6.27. The van der Waals surface area contributed by atoms with E-state index in [-0.39, 0.29) is 5.75 Å². The zero-order valence-corrected chi connectivity index (χ0v) is 18.0. The van der Waals surface area contributed by atoms with Crippen LogP contribution < -0.4 is 4.74 Å². The molecule has 2 aromatic rings. The molecule has 5 atom stereocenters. The lowest BCUT2D eigenvalue weighted by Gasteiger charge is -2.29. The fourth-order valence-electron chi connectivity index (χ4n) is 3.13. The van der Waals surface area contributed by atoms with Crippen LogP contribution in [0.1, 0.15) is 29.5 Å². The maximum absolute atomic E-state index is 12.3. The van der Waals surface area contributed by atoms with Gasteiger partial charge >= 0.3 is 6.18 Å². The highest BCUT2D eigenvalue weighted by Gasteiger charge is 2.33. The van der Waals surface area contributed by atoms with Crippen LogP contribution in [0.4, 0.5) is 13.2 Å². The lowest BCUT2D eigenvalue weighted by molar-refractivity contribution is -0.153. The Hall–Kier alpha value is -1.88. The third-order valence-corrected chi connectivity index (χ3v) is 5.48. The summed E-state index contributed by atoms with van der Waals surface area (Å²) in [4.78, 5) is 0. The van der Waals surface area contributed by atoms with Crippen LogP contribution in [-0.4, -0.2) is 69.3 Å². The average Bonchev–Trinajstić information content (AvgIpc) is 2.76. The molecule has 0 aliphatic heterocycles. The van der Waals surface area contributed by atoms with Gasteiger partial charge in [0.05, 0.1) is 12.7 Å². The molecule has 0 heterocycles. The maximum Gasteiger partial charge on any atom is 0.422 e. The van der Waals surface area contributed by atoms with Gasteiger partial charge in [-0.15, -0.1) is 0 Å². The van der Waals surface area contributed by atoms with Crippen LogP contribution in [0.3, 0.4) is 0 Å². The molecule has 0 aliphatic carbocycles. The smallest absolute Gasteiger partial charge is 0.422 e.